The monoisotopic (exact) mass is 329 g/mol. The van der Waals surface area contributed by atoms with Crippen molar-refractivity contribution in [3.8, 4) is 11.5 Å². The van der Waals surface area contributed by atoms with Gasteiger partial charge in [0.1, 0.15) is 11.5 Å². The van der Waals surface area contributed by atoms with Crippen molar-refractivity contribution >= 4 is 0 Å². The fraction of sp³-hybridized carbons (Fsp3) is 0.714. The van der Waals surface area contributed by atoms with Crippen molar-refractivity contribution in [3.05, 3.63) is 23.3 Å². The largest absolute Gasteiger partial charge is 0.508 e. The van der Waals surface area contributed by atoms with Gasteiger partial charge in [-0.25, -0.2) is 0 Å². The summed E-state index contributed by atoms with van der Waals surface area (Å²) in [6, 6.07) is 3.67. The van der Waals surface area contributed by atoms with Crippen molar-refractivity contribution in [1.82, 2.24) is 0 Å². The van der Waals surface area contributed by atoms with Crippen molar-refractivity contribution in [2.45, 2.75) is 71.3 Å². The molecule has 5 atom stereocenters. The Hall–Kier alpha value is -1.22. The van der Waals surface area contributed by atoms with Gasteiger partial charge in [-0.2, -0.15) is 0 Å². The average molecular weight is 329 g/mol. The average Bonchev–Trinajstić information content (AvgIpc) is 2.77. The molecule has 2 fully saturated rings. The molecule has 132 valence electrons. The molecular weight excluding hydrogens is 298 g/mol. The first-order valence-corrected chi connectivity index (χ1v) is 9.41. The van der Waals surface area contributed by atoms with Crippen LogP contribution in [0.4, 0.5) is 0 Å². The zero-order valence-corrected chi connectivity index (χ0v) is 15.4. The number of hydrogen-bond donors (Lipinski definition) is 3. The molecule has 3 aliphatic carbocycles. The van der Waals surface area contributed by atoms with Gasteiger partial charge in [-0.3, -0.25) is 0 Å². The summed E-state index contributed by atoms with van der Waals surface area (Å²) >= 11 is 0. The summed E-state index contributed by atoms with van der Waals surface area (Å²) in [4.78, 5) is 0. The summed E-state index contributed by atoms with van der Waals surface area (Å²) in [5.41, 5.74) is 9.16. The summed E-state index contributed by atoms with van der Waals surface area (Å²) in [5, 5.41) is 20.5. The number of rotatable bonds is 0. The molecular formula is C21H31NO2. The molecule has 2 saturated carbocycles. The van der Waals surface area contributed by atoms with E-state index in [1.54, 1.807) is 0 Å². The second kappa shape index (κ2) is 4.69. The minimum absolute atomic E-state index is 0.00980. The lowest BCUT2D eigenvalue weighted by atomic mass is 9.43. The zero-order valence-electron chi connectivity index (χ0n) is 15.4. The van der Waals surface area contributed by atoms with Crippen LogP contribution in [0.1, 0.15) is 64.5 Å². The van der Waals surface area contributed by atoms with E-state index in [9.17, 15) is 10.2 Å². The van der Waals surface area contributed by atoms with Gasteiger partial charge in [-0.05, 0) is 66.4 Å². The Morgan fingerprint density at radius 1 is 1.00 bits per heavy atom. The van der Waals surface area contributed by atoms with E-state index in [1.807, 2.05) is 6.07 Å². The zero-order chi connectivity index (χ0) is 17.5. The minimum Gasteiger partial charge on any atom is -0.508 e. The van der Waals surface area contributed by atoms with Gasteiger partial charge < -0.3 is 15.9 Å². The van der Waals surface area contributed by atoms with Crippen molar-refractivity contribution in [1.29, 1.82) is 0 Å². The molecule has 0 spiro atoms. The molecule has 0 heterocycles. The van der Waals surface area contributed by atoms with E-state index in [1.165, 1.54) is 18.9 Å². The van der Waals surface area contributed by atoms with Crippen LogP contribution < -0.4 is 5.73 Å². The molecule has 1 aromatic rings. The third kappa shape index (κ3) is 1.82. The molecule has 3 heteroatoms. The number of aromatic hydroxyl groups is 2. The lowest BCUT2D eigenvalue weighted by Crippen LogP contribution is -2.60. The predicted molar refractivity (Wildman–Crippen MR) is 96.1 cm³/mol. The van der Waals surface area contributed by atoms with Gasteiger partial charge in [0.25, 0.3) is 0 Å². The molecule has 0 unspecified atom stereocenters. The van der Waals surface area contributed by atoms with Crippen LogP contribution in [-0.4, -0.2) is 16.3 Å². The van der Waals surface area contributed by atoms with Crippen molar-refractivity contribution < 1.29 is 10.2 Å². The van der Waals surface area contributed by atoms with Gasteiger partial charge in [0.05, 0.1) is 0 Å². The maximum Gasteiger partial charge on any atom is 0.123 e. The highest BCUT2D eigenvalue weighted by atomic mass is 16.3. The number of hydrogen-bond acceptors (Lipinski definition) is 3. The van der Waals surface area contributed by atoms with Crippen LogP contribution in [0, 0.1) is 22.7 Å². The standard InChI is InChI=1S/C21H31NO2/c1-19(2)15-5-7-21(4)16(20(15,3)8-6-17(19)22)10-12-9-13(23)11-14(24)18(12)21/h9,11,15-17,23-24H,5-8,10,22H2,1-4H3/t15-,16+,17-,20-,21+/m1/s1. The maximum absolute atomic E-state index is 10.6. The van der Waals surface area contributed by atoms with Crippen LogP contribution in [0.2, 0.25) is 0 Å². The second-order valence-electron chi connectivity index (χ2n) is 9.74. The summed E-state index contributed by atoms with van der Waals surface area (Å²) in [7, 11) is 0. The number of benzene rings is 1. The van der Waals surface area contributed by atoms with E-state index in [0.717, 1.165) is 30.4 Å². The number of nitrogens with two attached hydrogens (primary N) is 1. The van der Waals surface area contributed by atoms with E-state index in [4.69, 9.17) is 5.73 Å². The van der Waals surface area contributed by atoms with Gasteiger partial charge in [-0.1, -0.05) is 27.7 Å². The van der Waals surface area contributed by atoms with Crippen LogP contribution in [0.3, 0.4) is 0 Å². The number of fused-ring (bicyclic) bond motifs is 5. The Bertz CT molecular complexity index is 697. The molecule has 0 bridgehead atoms. The molecule has 24 heavy (non-hydrogen) atoms. The topological polar surface area (TPSA) is 66.5 Å². The van der Waals surface area contributed by atoms with Crippen molar-refractivity contribution in [2.75, 3.05) is 0 Å². The predicted octanol–water partition coefficient (Wildman–Crippen LogP) is 4.09. The lowest BCUT2D eigenvalue weighted by Gasteiger charge is -2.62. The van der Waals surface area contributed by atoms with Gasteiger partial charge >= 0.3 is 0 Å². The van der Waals surface area contributed by atoms with Crippen LogP contribution in [0.5, 0.6) is 11.5 Å². The van der Waals surface area contributed by atoms with Crippen LogP contribution >= 0.6 is 0 Å². The molecule has 0 radical (unpaired) electrons. The summed E-state index contributed by atoms with van der Waals surface area (Å²) in [6.45, 7) is 9.51. The minimum atomic E-state index is 0.00980. The Morgan fingerprint density at radius 3 is 2.42 bits per heavy atom. The Labute approximate surface area is 145 Å². The highest BCUT2D eigenvalue weighted by Crippen LogP contribution is 2.68. The quantitative estimate of drug-likeness (QED) is 0.671. The van der Waals surface area contributed by atoms with Crippen LogP contribution in [0.15, 0.2) is 12.1 Å². The lowest BCUT2D eigenvalue weighted by molar-refractivity contribution is -0.107. The summed E-state index contributed by atoms with van der Waals surface area (Å²) < 4.78 is 0. The Morgan fingerprint density at radius 2 is 1.71 bits per heavy atom. The van der Waals surface area contributed by atoms with Gasteiger partial charge in [-0.15, -0.1) is 0 Å². The molecule has 3 nitrogen and oxygen atoms in total. The van der Waals surface area contributed by atoms with Gasteiger partial charge in [0.2, 0.25) is 0 Å². The first-order valence-electron chi connectivity index (χ1n) is 9.41. The van der Waals surface area contributed by atoms with Gasteiger partial charge in [0, 0.05) is 23.1 Å². The molecule has 0 saturated heterocycles. The van der Waals surface area contributed by atoms with E-state index < -0.39 is 0 Å². The van der Waals surface area contributed by atoms with E-state index in [2.05, 4.69) is 27.7 Å². The Kier molecular flexibility index (Phi) is 3.18. The maximum atomic E-state index is 10.6. The second-order valence-corrected chi connectivity index (χ2v) is 9.74. The van der Waals surface area contributed by atoms with Crippen molar-refractivity contribution in [3.63, 3.8) is 0 Å². The molecule has 4 N–H and O–H groups in total. The summed E-state index contributed by atoms with van der Waals surface area (Å²) in [5.74, 6) is 1.60. The highest BCUT2D eigenvalue weighted by Gasteiger charge is 2.62. The molecule has 0 aromatic heterocycles. The highest BCUT2D eigenvalue weighted by molar-refractivity contribution is 5.54. The van der Waals surface area contributed by atoms with Crippen LogP contribution in [0.25, 0.3) is 0 Å². The normalized spacial score (nSPS) is 43.0. The Balaban J connectivity index is 1.83. The molecule has 0 amide bonds. The van der Waals surface area contributed by atoms with Crippen molar-refractivity contribution in [2.24, 2.45) is 28.4 Å². The van der Waals surface area contributed by atoms with E-state index >= 15 is 0 Å². The molecule has 4 rings (SSSR count). The SMILES string of the molecule is CC1(C)[C@H](N)CC[C@]2(C)[C@@H]1CC[C@]1(C)c3c(O)cc(O)cc3C[C@@H]21. The fourth-order valence-corrected chi connectivity index (χ4v) is 7.05. The first kappa shape index (κ1) is 16.3. The molecule has 0 aliphatic heterocycles. The first-order chi connectivity index (χ1) is 11.1. The number of phenolic OH excluding ortho intramolecular Hbond substituents is 2. The smallest absolute Gasteiger partial charge is 0.123 e. The fourth-order valence-electron chi connectivity index (χ4n) is 7.05. The van der Waals surface area contributed by atoms with E-state index in [0.29, 0.717) is 11.8 Å². The van der Waals surface area contributed by atoms with Crippen LogP contribution in [-0.2, 0) is 11.8 Å². The molecule has 3 aliphatic rings. The van der Waals surface area contributed by atoms with Gasteiger partial charge in [0.15, 0.2) is 0 Å². The number of phenols is 2. The van der Waals surface area contributed by atoms with E-state index in [-0.39, 0.29) is 33.8 Å². The summed E-state index contributed by atoms with van der Waals surface area (Å²) in [6.07, 6.45) is 5.49. The third-order valence-corrected chi connectivity index (χ3v) is 8.34. The molecule has 1 aromatic carbocycles. The third-order valence-electron chi connectivity index (χ3n) is 8.34.